The molecule has 0 aromatic heterocycles. The molecule has 7 nitrogen and oxygen atoms in total. The fourth-order valence-electron chi connectivity index (χ4n) is 1.86. The van der Waals surface area contributed by atoms with Crippen LogP contribution in [-0.4, -0.2) is 46.0 Å². The van der Waals surface area contributed by atoms with E-state index >= 15 is 0 Å². The maximum Gasteiger partial charge on any atom is 0.335 e. The van der Waals surface area contributed by atoms with E-state index in [2.05, 4.69) is 5.32 Å². The first-order valence-corrected chi connectivity index (χ1v) is 6.78. The molecule has 0 saturated carbocycles. The summed E-state index contributed by atoms with van der Waals surface area (Å²) in [4.78, 5) is 35.4. The lowest BCUT2D eigenvalue weighted by Gasteiger charge is -2.14. The Morgan fingerprint density at radius 3 is 2.32 bits per heavy atom. The predicted octanol–water partition coefficient (Wildman–Crippen LogP) is 1.35. The first-order chi connectivity index (χ1) is 10.3. The van der Waals surface area contributed by atoms with E-state index in [1.54, 1.807) is 0 Å². The maximum absolute atomic E-state index is 12.0. The van der Waals surface area contributed by atoms with Crippen molar-refractivity contribution in [2.75, 3.05) is 18.5 Å². The van der Waals surface area contributed by atoms with Gasteiger partial charge in [-0.3, -0.25) is 14.5 Å². The number of imide groups is 1. The van der Waals surface area contributed by atoms with Gasteiger partial charge in [0.15, 0.2) is 0 Å². The number of carbonyl (C=O) groups is 3. The van der Waals surface area contributed by atoms with Crippen molar-refractivity contribution in [3.05, 3.63) is 39.5 Å². The molecule has 1 heterocycles. The quantitative estimate of drug-likeness (QED) is 0.696. The van der Waals surface area contributed by atoms with Crippen LogP contribution in [-0.2, 0) is 9.59 Å². The third-order valence-electron chi connectivity index (χ3n) is 2.88. The summed E-state index contributed by atoms with van der Waals surface area (Å²) in [6.07, 6.45) is 1.05. The molecule has 0 spiro atoms. The molecule has 3 N–H and O–H groups in total. The van der Waals surface area contributed by atoms with Crippen LogP contribution in [0.1, 0.15) is 10.4 Å². The molecule has 0 unspecified atom stereocenters. The lowest BCUT2D eigenvalue weighted by atomic mass is 10.2. The first-order valence-electron chi connectivity index (χ1n) is 6.03. The number of hydrogen-bond acceptors (Lipinski definition) is 5. The highest BCUT2D eigenvalue weighted by Gasteiger charge is 2.31. The number of carboxylic acid groups (broad SMARTS) is 1. The van der Waals surface area contributed by atoms with Crippen LogP contribution < -0.4 is 5.32 Å². The average Bonchev–Trinajstić information content (AvgIpc) is 2.70. The zero-order valence-electron chi connectivity index (χ0n) is 11.0. The van der Waals surface area contributed by atoms with E-state index in [1.807, 2.05) is 0 Å². The number of amides is 2. The largest absolute Gasteiger partial charge is 0.478 e. The number of halogens is 2. The number of β-amino-alcohol motifs (C(OH)–C–C–N with tert-alkyl or cyclic N) is 1. The van der Waals surface area contributed by atoms with Crippen LogP contribution in [0, 0.1) is 0 Å². The second-order valence-electron chi connectivity index (χ2n) is 4.32. The lowest BCUT2D eigenvalue weighted by Crippen LogP contribution is -2.34. The maximum atomic E-state index is 12.0. The van der Waals surface area contributed by atoms with Crippen molar-refractivity contribution in [2.24, 2.45) is 0 Å². The molecule has 2 amide bonds. The van der Waals surface area contributed by atoms with Gasteiger partial charge in [0.1, 0.15) is 5.70 Å². The molecule has 0 fully saturated rings. The number of benzene rings is 1. The molecule has 1 aromatic carbocycles. The van der Waals surface area contributed by atoms with Gasteiger partial charge in [-0.15, -0.1) is 0 Å². The van der Waals surface area contributed by atoms with Crippen LogP contribution in [0.15, 0.2) is 23.9 Å². The van der Waals surface area contributed by atoms with Gasteiger partial charge in [0.2, 0.25) is 0 Å². The number of carbonyl (C=O) groups excluding carboxylic acids is 2. The van der Waals surface area contributed by atoms with Crippen molar-refractivity contribution in [1.82, 2.24) is 4.90 Å². The van der Waals surface area contributed by atoms with E-state index in [4.69, 9.17) is 33.4 Å². The van der Waals surface area contributed by atoms with Gasteiger partial charge in [-0.25, -0.2) is 4.79 Å². The van der Waals surface area contributed by atoms with Gasteiger partial charge in [0.05, 0.1) is 34.4 Å². The number of aromatic carboxylic acids is 1. The van der Waals surface area contributed by atoms with Crippen LogP contribution >= 0.6 is 23.2 Å². The van der Waals surface area contributed by atoms with Gasteiger partial charge in [0, 0.05) is 6.08 Å². The van der Waals surface area contributed by atoms with Crippen molar-refractivity contribution < 1.29 is 24.6 Å². The number of rotatable bonds is 5. The molecule has 1 aromatic rings. The summed E-state index contributed by atoms with van der Waals surface area (Å²) in [5.74, 6) is -2.40. The summed E-state index contributed by atoms with van der Waals surface area (Å²) in [5, 5.41) is 20.3. The third kappa shape index (κ3) is 3.06. The zero-order chi connectivity index (χ0) is 16.4. The number of nitrogens with zero attached hydrogens (tertiary/aromatic N) is 1. The van der Waals surface area contributed by atoms with E-state index in [9.17, 15) is 14.4 Å². The van der Waals surface area contributed by atoms with Crippen LogP contribution in [0.25, 0.3) is 0 Å². The number of anilines is 1. The van der Waals surface area contributed by atoms with Crippen molar-refractivity contribution in [3.8, 4) is 0 Å². The third-order valence-corrected chi connectivity index (χ3v) is 3.48. The molecular weight excluding hydrogens is 335 g/mol. The smallest absolute Gasteiger partial charge is 0.335 e. The van der Waals surface area contributed by atoms with Gasteiger partial charge in [-0.2, -0.15) is 0 Å². The Kier molecular flexibility index (Phi) is 4.70. The highest BCUT2D eigenvalue weighted by atomic mass is 35.5. The summed E-state index contributed by atoms with van der Waals surface area (Å²) >= 11 is 11.9. The highest BCUT2D eigenvalue weighted by Crippen LogP contribution is 2.33. The molecule has 0 aliphatic carbocycles. The van der Waals surface area contributed by atoms with E-state index in [1.165, 1.54) is 12.1 Å². The van der Waals surface area contributed by atoms with Crippen molar-refractivity contribution in [2.45, 2.75) is 0 Å². The summed E-state index contributed by atoms with van der Waals surface area (Å²) in [7, 11) is 0. The molecule has 1 aliphatic heterocycles. The van der Waals surface area contributed by atoms with E-state index in [0.717, 1.165) is 11.0 Å². The lowest BCUT2D eigenvalue weighted by molar-refractivity contribution is -0.137. The molecular formula is C13H10Cl2N2O5. The number of carboxylic acids is 1. The van der Waals surface area contributed by atoms with E-state index in [0.29, 0.717) is 0 Å². The van der Waals surface area contributed by atoms with Crippen LogP contribution in [0.3, 0.4) is 0 Å². The molecule has 0 bridgehead atoms. The summed E-state index contributed by atoms with van der Waals surface area (Å²) < 4.78 is 0. The predicted molar refractivity (Wildman–Crippen MR) is 78.9 cm³/mol. The standard InChI is InChI=1S/C13H10Cl2N2O5/c14-7-3-6(13(21)22)4-8(15)11(7)16-9-5-10(19)17(1-2-18)12(9)20/h3-5,16,18H,1-2H2,(H,21,22). The second kappa shape index (κ2) is 6.35. The second-order valence-corrected chi connectivity index (χ2v) is 5.14. The first kappa shape index (κ1) is 16.3. The Morgan fingerprint density at radius 2 is 1.82 bits per heavy atom. The molecule has 9 heteroatoms. The number of hydrogen-bond donors (Lipinski definition) is 3. The number of aliphatic hydroxyl groups is 1. The molecule has 0 radical (unpaired) electrons. The topological polar surface area (TPSA) is 107 Å². The van der Waals surface area contributed by atoms with Gasteiger partial charge in [-0.1, -0.05) is 23.2 Å². The normalized spacial score (nSPS) is 14.3. The van der Waals surface area contributed by atoms with Crippen molar-refractivity contribution in [1.29, 1.82) is 0 Å². The van der Waals surface area contributed by atoms with Gasteiger partial charge in [0.25, 0.3) is 11.8 Å². The number of nitrogens with one attached hydrogen (secondary N) is 1. The van der Waals surface area contributed by atoms with Crippen LogP contribution in [0.2, 0.25) is 10.0 Å². The van der Waals surface area contributed by atoms with Gasteiger partial charge in [-0.05, 0) is 12.1 Å². The van der Waals surface area contributed by atoms with Crippen LogP contribution in [0.5, 0.6) is 0 Å². The summed E-state index contributed by atoms with van der Waals surface area (Å²) in [6, 6.07) is 2.34. The number of aliphatic hydroxyl groups excluding tert-OH is 1. The minimum absolute atomic E-state index is 0.00772. The summed E-state index contributed by atoms with van der Waals surface area (Å²) in [5.41, 5.74) is -0.0535. The zero-order valence-corrected chi connectivity index (χ0v) is 12.5. The fourth-order valence-corrected chi connectivity index (χ4v) is 2.44. The molecule has 116 valence electrons. The Labute approximate surface area is 134 Å². The highest BCUT2D eigenvalue weighted by molar-refractivity contribution is 6.40. The molecule has 1 aliphatic rings. The monoisotopic (exact) mass is 344 g/mol. The Morgan fingerprint density at radius 1 is 1.23 bits per heavy atom. The average molecular weight is 345 g/mol. The van der Waals surface area contributed by atoms with Gasteiger partial charge >= 0.3 is 5.97 Å². The molecule has 0 atom stereocenters. The molecule has 22 heavy (non-hydrogen) atoms. The van der Waals surface area contributed by atoms with Crippen molar-refractivity contribution >= 4 is 46.7 Å². The Balaban J connectivity index is 2.29. The minimum Gasteiger partial charge on any atom is -0.478 e. The Hall–Kier alpha value is -2.09. The van der Waals surface area contributed by atoms with E-state index in [-0.39, 0.29) is 40.1 Å². The summed E-state index contributed by atoms with van der Waals surface area (Å²) in [6.45, 7) is -0.480. The van der Waals surface area contributed by atoms with Crippen molar-refractivity contribution in [3.63, 3.8) is 0 Å². The van der Waals surface area contributed by atoms with Crippen LogP contribution in [0.4, 0.5) is 5.69 Å². The molecule has 0 saturated heterocycles. The Bertz CT molecular complexity index is 679. The van der Waals surface area contributed by atoms with E-state index < -0.39 is 17.8 Å². The van der Waals surface area contributed by atoms with Gasteiger partial charge < -0.3 is 15.5 Å². The fraction of sp³-hybridized carbons (Fsp3) is 0.154. The SMILES string of the molecule is O=C(O)c1cc(Cl)c(NC2=CC(=O)N(CCO)C2=O)c(Cl)c1. The minimum atomic E-state index is -1.20. The molecule has 2 rings (SSSR count).